The zero-order valence-corrected chi connectivity index (χ0v) is 13.5. The maximum absolute atomic E-state index is 12.2. The van der Waals surface area contributed by atoms with Crippen molar-refractivity contribution < 1.29 is 14.3 Å². The van der Waals surface area contributed by atoms with E-state index in [1.54, 1.807) is 13.2 Å². The SMILES string of the molecule is COc1cc(CC(=O)Nc2ccccc2C)ccc1OCCN. The van der Waals surface area contributed by atoms with Crippen LogP contribution in [0.2, 0.25) is 0 Å². The molecule has 0 unspecified atom stereocenters. The Morgan fingerprint density at radius 1 is 1.17 bits per heavy atom. The predicted octanol–water partition coefficient (Wildman–Crippen LogP) is 2.52. The fourth-order valence-electron chi connectivity index (χ4n) is 2.20. The fraction of sp³-hybridized carbons (Fsp3) is 0.278. The van der Waals surface area contributed by atoms with Gasteiger partial charge in [0, 0.05) is 12.2 Å². The van der Waals surface area contributed by atoms with Crippen LogP contribution < -0.4 is 20.5 Å². The second kappa shape index (κ2) is 8.19. The number of benzene rings is 2. The topological polar surface area (TPSA) is 73.6 Å². The smallest absolute Gasteiger partial charge is 0.228 e. The first-order chi connectivity index (χ1) is 11.1. The van der Waals surface area contributed by atoms with Crippen molar-refractivity contribution in [1.29, 1.82) is 0 Å². The summed E-state index contributed by atoms with van der Waals surface area (Å²) in [6.45, 7) is 2.81. The van der Waals surface area contributed by atoms with Gasteiger partial charge in [-0.3, -0.25) is 4.79 Å². The molecule has 0 aliphatic heterocycles. The van der Waals surface area contributed by atoms with E-state index in [4.69, 9.17) is 15.2 Å². The third kappa shape index (κ3) is 4.72. The van der Waals surface area contributed by atoms with Crippen LogP contribution in [0.4, 0.5) is 5.69 Å². The lowest BCUT2D eigenvalue weighted by molar-refractivity contribution is -0.115. The molecule has 0 bridgehead atoms. The van der Waals surface area contributed by atoms with E-state index in [9.17, 15) is 4.79 Å². The first kappa shape index (κ1) is 16.8. The van der Waals surface area contributed by atoms with Crippen molar-refractivity contribution in [1.82, 2.24) is 0 Å². The standard InChI is InChI=1S/C18H22N2O3/c1-13-5-3-4-6-15(13)20-18(21)12-14-7-8-16(23-10-9-19)17(11-14)22-2/h3-8,11H,9-10,12,19H2,1-2H3,(H,20,21). The Kier molecular flexibility index (Phi) is 6.00. The monoisotopic (exact) mass is 314 g/mol. The minimum atomic E-state index is -0.0722. The normalized spacial score (nSPS) is 10.2. The molecule has 2 aromatic rings. The summed E-state index contributed by atoms with van der Waals surface area (Å²) in [7, 11) is 1.57. The zero-order chi connectivity index (χ0) is 16.7. The molecule has 2 rings (SSSR count). The molecule has 0 heterocycles. The molecule has 0 saturated carbocycles. The molecule has 0 aromatic heterocycles. The number of hydrogen-bond acceptors (Lipinski definition) is 4. The van der Waals surface area contributed by atoms with Crippen molar-refractivity contribution in [2.75, 3.05) is 25.6 Å². The Morgan fingerprint density at radius 3 is 2.65 bits per heavy atom. The molecule has 0 saturated heterocycles. The van der Waals surface area contributed by atoms with E-state index in [-0.39, 0.29) is 12.3 Å². The largest absolute Gasteiger partial charge is 0.493 e. The van der Waals surface area contributed by atoms with Crippen molar-refractivity contribution in [3.8, 4) is 11.5 Å². The Bertz CT molecular complexity index is 671. The number of carbonyl (C=O) groups is 1. The van der Waals surface area contributed by atoms with Gasteiger partial charge in [0.25, 0.3) is 0 Å². The second-order valence-electron chi connectivity index (χ2n) is 5.16. The molecule has 0 atom stereocenters. The summed E-state index contributed by atoms with van der Waals surface area (Å²) in [4.78, 5) is 12.2. The molecule has 0 radical (unpaired) electrons. The van der Waals surface area contributed by atoms with Crippen LogP contribution >= 0.6 is 0 Å². The number of carbonyl (C=O) groups excluding carboxylic acids is 1. The van der Waals surface area contributed by atoms with Gasteiger partial charge in [0.1, 0.15) is 6.61 Å². The van der Waals surface area contributed by atoms with Crippen molar-refractivity contribution in [2.24, 2.45) is 5.73 Å². The molecule has 0 fully saturated rings. The quantitative estimate of drug-likeness (QED) is 0.823. The van der Waals surface area contributed by atoms with E-state index in [0.717, 1.165) is 16.8 Å². The zero-order valence-electron chi connectivity index (χ0n) is 13.5. The summed E-state index contributed by atoms with van der Waals surface area (Å²) in [5.41, 5.74) is 8.14. The molecule has 23 heavy (non-hydrogen) atoms. The molecule has 0 aliphatic rings. The van der Waals surface area contributed by atoms with Crippen molar-refractivity contribution >= 4 is 11.6 Å². The third-order valence-corrected chi connectivity index (χ3v) is 3.39. The predicted molar refractivity (Wildman–Crippen MR) is 91.1 cm³/mol. The number of para-hydroxylation sites is 1. The van der Waals surface area contributed by atoms with Crippen LogP contribution in [-0.4, -0.2) is 26.2 Å². The Labute approximate surface area is 136 Å². The van der Waals surface area contributed by atoms with Crippen molar-refractivity contribution in [3.63, 3.8) is 0 Å². The molecule has 2 aromatic carbocycles. The van der Waals surface area contributed by atoms with Gasteiger partial charge in [-0.15, -0.1) is 0 Å². The number of amides is 1. The van der Waals surface area contributed by atoms with Gasteiger partial charge < -0.3 is 20.5 Å². The average Bonchev–Trinajstić information content (AvgIpc) is 2.55. The number of nitrogens with two attached hydrogens (primary N) is 1. The summed E-state index contributed by atoms with van der Waals surface area (Å²) in [5.74, 6) is 1.15. The van der Waals surface area contributed by atoms with Crippen LogP contribution in [0.25, 0.3) is 0 Å². The van der Waals surface area contributed by atoms with Gasteiger partial charge in [-0.25, -0.2) is 0 Å². The molecule has 1 amide bonds. The molecular formula is C18H22N2O3. The highest BCUT2D eigenvalue weighted by molar-refractivity contribution is 5.93. The van der Waals surface area contributed by atoms with Gasteiger partial charge in [-0.1, -0.05) is 24.3 Å². The number of hydrogen-bond donors (Lipinski definition) is 2. The van der Waals surface area contributed by atoms with Crippen molar-refractivity contribution in [2.45, 2.75) is 13.3 Å². The number of ether oxygens (including phenoxy) is 2. The van der Waals surface area contributed by atoms with Gasteiger partial charge in [-0.2, -0.15) is 0 Å². The number of rotatable bonds is 7. The van der Waals surface area contributed by atoms with E-state index in [0.29, 0.717) is 24.7 Å². The van der Waals surface area contributed by atoms with Crippen LogP contribution in [0.1, 0.15) is 11.1 Å². The van der Waals surface area contributed by atoms with E-state index >= 15 is 0 Å². The molecule has 3 N–H and O–H groups in total. The summed E-state index contributed by atoms with van der Waals surface area (Å²) in [6.07, 6.45) is 0.266. The average molecular weight is 314 g/mol. The van der Waals surface area contributed by atoms with Crippen molar-refractivity contribution in [3.05, 3.63) is 53.6 Å². The molecule has 0 spiro atoms. The fourth-order valence-corrected chi connectivity index (χ4v) is 2.20. The second-order valence-corrected chi connectivity index (χ2v) is 5.16. The number of methoxy groups -OCH3 is 1. The Hall–Kier alpha value is -2.53. The third-order valence-electron chi connectivity index (χ3n) is 3.39. The Morgan fingerprint density at radius 2 is 1.96 bits per heavy atom. The first-order valence-corrected chi connectivity index (χ1v) is 7.49. The highest BCUT2D eigenvalue weighted by Gasteiger charge is 2.10. The summed E-state index contributed by atoms with van der Waals surface area (Å²) < 4.78 is 10.8. The maximum Gasteiger partial charge on any atom is 0.228 e. The van der Waals surface area contributed by atoms with E-state index in [1.165, 1.54) is 0 Å². The van der Waals surface area contributed by atoms with Gasteiger partial charge in [0.05, 0.1) is 13.5 Å². The lowest BCUT2D eigenvalue weighted by atomic mass is 10.1. The number of aryl methyl sites for hydroxylation is 1. The maximum atomic E-state index is 12.2. The highest BCUT2D eigenvalue weighted by atomic mass is 16.5. The van der Waals surface area contributed by atoms with Gasteiger partial charge in [0.15, 0.2) is 11.5 Å². The summed E-state index contributed by atoms with van der Waals surface area (Å²) in [5, 5.41) is 2.92. The lowest BCUT2D eigenvalue weighted by Gasteiger charge is -2.12. The number of anilines is 1. The molecular weight excluding hydrogens is 292 g/mol. The van der Waals surface area contributed by atoms with Crippen LogP contribution in [-0.2, 0) is 11.2 Å². The Balaban J connectivity index is 2.04. The van der Waals surface area contributed by atoms with Crippen LogP contribution in [0.5, 0.6) is 11.5 Å². The van der Waals surface area contributed by atoms with Gasteiger partial charge in [0.2, 0.25) is 5.91 Å². The summed E-state index contributed by atoms with van der Waals surface area (Å²) in [6, 6.07) is 13.1. The lowest BCUT2D eigenvalue weighted by Crippen LogP contribution is -2.15. The molecule has 5 nitrogen and oxygen atoms in total. The number of nitrogens with one attached hydrogen (secondary N) is 1. The molecule has 0 aliphatic carbocycles. The van der Waals surface area contributed by atoms with E-state index in [2.05, 4.69) is 5.32 Å². The van der Waals surface area contributed by atoms with E-state index in [1.807, 2.05) is 43.3 Å². The first-order valence-electron chi connectivity index (χ1n) is 7.49. The van der Waals surface area contributed by atoms with Gasteiger partial charge >= 0.3 is 0 Å². The molecule has 122 valence electrons. The van der Waals surface area contributed by atoms with Crippen LogP contribution in [0.15, 0.2) is 42.5 Å². The summed E-state index contributed by atoms with van der Waals surface area (Å²) >= 11 is 0. The van der Waals surface area contributed by atoms with Gasteiger partial charge in [-0.05, 0) is 36.2 Å². The van der Waals surface area contributed by atoms with Crippen LogP contribution in [0, 0.1) is 6.92 Å². The van der Waals surface area contributed by atoms with Crippen LogP contribution in [0.3, 0.4) is 0 Å². The highest BCUT2D eigenvalue weighted by Crippen LogP contribution is 2.28. The van der Waals surface area contributed by atoms with E-state index < -0.39 is 0 Å². The molecule has 5 heteroatoms. The minimum absolute atomic E-state index is 0.0722. The minimum Gasteiger partial charge on any atom is -0.493 e.